The molecule has 2 N–H and O–H groups in total. The van der Waals surface area contributed by atoms with Gasteiger partial charge in [0.15, 0.2) is 11.6 Å². The molecule has 0 saturated carbocycles. The molecule has 2 heterocycles. The summed E-state index contributed by atoms with van der Waals surface area (Å²) >= 11 is 0. The summed E-state index contributed by atoms with van der Waals surface area (Å²) in [6, 6.07) is 24.7. The molecule has 0 aromatic heterocycles. The van der Waals surface area contributed by atoms with Crippen LogP contribution in [0.4, 0.5) is 9.18 Å². The molecule has 278 valence electrons. The van der Waals surface area contributed by atoms with Crippen molar-refractivity contribution >= 4 is 49.8 Å². The summed E-state index contributed by atoms with van der Waals surface area (Å²) in [5, 5.41) is 22.7. The Hall–Kier alpha value is -4.36. The van der Waals surface area contributed by atoms with Gasteiger partial charge in [-0.3, -0.25) is 9.59 Å². The molecule has 0 unspecified atom stereocenters. The zero-order valence-electron chi connectivity index (χ0n) is 30.9. The number of carbonyl (C=O) groups excluding carboxylic acids is 3. The Morgan fingerprint density at radius 1 is 1.02 bits per heavy atom. The smallest absolute Gasteiger partial charge is 0.455 e. The predicted octanol–water partition coefficient (Wildman–Crippen LogP) is 6.24. The second-order valence-electron chi connectivity index (χ2n) is 15.2. The Balaban J connectivity index is 1.43. The standard InChI is InChI=1S/C41H47BFNO8Si/c1-6-26(21-27-17-19-34(45)33(43)22-27)18-20-35-36-28(23-31-37(32(36)24-42(49)52-35)39(47)44(38(31)46)40(48)50-5)25-51-53(41(2,3)4,29-13-9-7-10-14-29)30-15-11-8-12-16-30/h7-17,19,21-22,31-32,35,37,45,49H,6,18,20,23-25H2,1-5H3/b26-21+/t31-,32+,35-,37-/m1/s1. The number of benzene rings is 3. The molecular formula is C41H47BFNO8Si. The van der Waals surface area contributed by atoms with Crippen LogP contribution in [0.15, 0.2) is 95.6 Å². The predicted molar refractivity (Wildman–Crippen MR) is 203 cm³/mol. The molecule has 12 heteroatoms. The lowest BCUT2D eigenvalue weighted by molar-refractivity contribution is -0.137. The lowest BCUT2D eigenvalue weighted by atomic mass is 9.58. The van der Waals surface area contributed by atoms with Crippen molar-refractivity contribution in [2.24, 2.45) is 17.8 Å². The van der Waals surface area contributed by atoms with Gasteiger partial charge in [0, 0.05) is 0 Å². The fourth-order valence-corrected chi connectivity index (χ4v) is 13.2. The molecule has 3 amide bonds. The normalized spacial score (nSPS) is 22.2. The minimum atomic E-state index is -3.04. The zero-order valence-corrected chi connectivity index (χ0v) is 31.9. The zero-order chi connectivity index (χ0) is 38.1. The SMILES string of the molecule is CC/C(=C\c1ccc(O)c(F)c1)CC[C@H]1OB(O)C[C@H]2C1=C(CO[Si](c1ccccc1)(c1ccccc1)C(C)(C)C)C[C@H]1C(=O)N(C(=O)OC)C(=O)[C@H]12. The number of phenols is 1. The Labute approximate surface area is 311 Å². The number of hydrogen-bond donors (Lipinski definition) is 2. The van der Waals surface area contributed by atoms with E-state index in [0.717, 1.165) is 34.2 Å². The molecule has 0 radical (unpaired) electrons. The van der Waals surface area contributed by atoms with Gasteiger partial charge in [0.2, 0.25) is 11.8 Å². The highest BCUT2D eigenvalue weighted by molar-refractivity contribution is 6.99. The molecule has 1 aliphatic carbocycles. The lowest BCUT2D eigenvalue weighted by Crippen LogP contribution is -2.66. The van der Waals surface area contributed by atoms with Crippen LogP contribution in [0.1, 0.15) is 58.9 Å². The van der Waals surface area contributed by atoms with Crippen molar-refractivity contribution < 1.29 is 42.7 Å². The molecule has 2 saturated heterocycles. The molecule has 53 heavy (non-hydrogen) atoms. The molecule has 4 atom stereocenters. The Kier molecular flexibility index (Phi) is 11.3. The van der Waals surface area contributed by atoms with Gasteiger partial charge in [0.25, 0.3) is 8.32 Å². The second-order valence-corrected chi connectivity index (χ2v) is 19.5. The third-order valence-corrected chi connectivity index (χ3v) is 16.1. The van der Waals surface area contributed by atoms with Crippen molar-refractivity contribution in [3.63, 3.8) is 0 Å². The molecule has 0 bridgehead atoms. The van der Waals surface area contributed by atoms with Crippen molar-refractivity contribution in [1.82, 2.24) is 4.90 Å². The van der Waals surface area contributed by atoms with Crippen molar-refractivity contribution in [2.45, 2.75) is 70.8 Å². The van der Waals surface area contributed by atoms with Crippen LogP contribution in [0, 0.1) is 23.6 Å². The summed E-state index contributed by atoms with van der Waals surface area (Å²) in [6.45, 7) is 8.71. The Bertz CT molecular complexity index is 1870. The van der Waals surface area contributed by atoms with E-state index in [2.05, 4.69) is 45.0 Å². The Morgan fingerprint density at radius 3 is 2.23 bits per heavy atom. The van der Waals surface area contributed by atoms with Crippen molar-refractivity contribution in [1.29, 1.82) is 0 Å². The monoisotopic (exact) mass is 739 g/mol. The number of rotatable bonds is 10. The molecule has 3 aromatic carbocycles. The van der Waals surface area contributed by atoms with Crippen LogP contribution in [0.5, 0.6) is 5.75 Å². The van der Waals surface area contributed by atoms with Crippen LogP contribution in [0.3, 0.4) is 0 Å². The molecule has 0 spiro atoms. The third-order valence-electron chi connectivity index (χ3n) is 11.1. The number of imide groups is 3. The maximum Gasteiger partial charge on any atom is 0.455 e. The fraction of sp³-hybridized carbons (Fsp3) is 0.390. The second kappa shape index (κ2) is 15.5. The number of carbonyl (C=O) groups is 3. The number of ether oxygens (including phenoxy) is 1. The van der Waals surface area contributed by atoms with Crippen LogP contribution < -0.4 is 10.4 Å². The summed E-state index contributed by atoms with van der Waals surface area (Å²) in [5.74, 6) is -4.63. The van der Waals surface area contributed by atoms with Gasteiger partial charge in [-0.05, 0) is 82.2 Å². The van der Waals surface area contributed by atoms with E-state index in [-0.39, 0.29) is 24.4 Å². The van der Waals surface area contributed by atoms with Crippen molar-refractivity contribution in [3.05, 3.63) is 107 Å². The number of fused-ring (bicyclic) bond motifs is 3. The van der Waals surface area contributed by atoms with Gasteiger partial charge in [-0.25, -0.2) is 9.18 Å². The van der Waals surface area contributed by atoms with E-state index >= 15 is 0 Å². The van der Waals surface area contributed by atoms with Crippen molar-refractivity contribution in [2.75, 3.05) is 13.7 Å². The van der Waals surface area contributed by atoms with E-state index in [1.165, 1.54) is 12.1 Å². The quantitative estimate of drug-likeness (QED) is 0.142. The van der Waals surface area contributed by atoms with E-state index in [0.29, 0.717) is 29.7 Å². The number of hydrogen-bond acceptors (Lipinski definition) is 8. The maximum absolute atomic E-state index is 14.2. The van der Waals surface area contributed by atoms with Crippen LogP contribution in [0.2, 0.25) is 11.4 Å². The average molecular weight is 740 g/mol. The van der Waals surface area contributed by atoms with E-state index in [9.17, 15) is 28.9 Å². The van der Waals surface area contributed by atoms with Gasteiger partial charge < -0.3 is 23.9 Å². The summed E-state index contributed by atoms with van der Waals surface area (Å²) in [4.78, 5) is 41.1. The van der Waals surface area contributed by atoms with E-state index in [4.69, 9.17) is 13.8 Å². The minimum absolute atomic E-state index is 0.0764. The van der Waals surface area contributed by atoms with Gasteiger partial charge in [-0.2, -0.15) is 4.90 Å². The number of methoxy groups -OCH3 is 1. The topological polar surface area (TPSA) is 123 Å². The number of allylic oxidation sites excluding steroid dienone is 1. The van der Waals surface area contributed by atoms with Gasteiger partial charge in [0.1, 0.15) is 0 Å². The number of amides is 3. The molecular weight excluding hydrogens is 692 g/mol. The van der Waals surface area contributed by atoms with E-state index < -0.39 is 68.8 Å². The van der Waals surface area contributed by atoms with Gasteiger partial charge >= 0.3 is 13.2 Å². The van der Waals surface area contributed by atoms with Crippen LogP contribution >= 0.6 is 0 Å². The minimum Gasteiger partial charge on any atom is -0.505 e. The maximum atomic E-state index is 14.2. The van der Waals surface area contributed by atoms with Crippen LogP contribution in [-0.4, -0.2) is 68.2 Å². The molecule has 6 rings (SSSR count). The summed E-state index contributed by atoms with van der Waals surface area (Å²) < 4.78 is 32.7. The van der Waals surface area contributed by atoms with Gasteiger partial charge in [-0.15, -0.1) is 0 Å². The number of nitrogens with zero attached hydrogens (tertiary/aromatic N) is 1. The number of likely N-dealkylation sites (tertiary alicyclic amines) is 1. The third kappa shape index (κ3) is 7.29. The first kappa shape index (κ1) is 38.4. The van der Waals surface area contributed by atoms with E-state index in [1.54, 1.807) is 6.07 Å². The highest BCUT2D eigenvalue weighted by Crippen LogP contribution is 2.51. The van der Waals surface area contributed by atoms with Crippen LogP contribution in [-0.2, 0) is 23.4 Å². The molecule has 3 aromatic rings. The first-order valence-electron chi connectivity index (χ1n) is 18.2. The molecule has 3 aliphatic rings. The van der Waals surface area contributed by atoms with Gasteiger partial charge in [-0.1, -0.05) is 106 Å². The summed E-state index contributed by atoms with van der Waals surface area (Å²) in [6.07, 6.45) is 2.13. The summed E-state index contributed by atoms with van der Waals surface area (Å²) in [7, 11) is -3.11. The van der Waals surface area contributed by atoms with Gasteiger partial charge in [0.05, 0.1) is 31.7 Å². The largest absolute Gasteiger partial charge is 0.505 e. The Morgan fingerprint density at radius 2 is 1.66 bits per heavy atom. The molecule has 2 fully saturated rings. The number of phenolic OH excluding ortho intramolecular Hbond substituents is 1. The highest BCUT2D eigenvalue weighted by Gasteiger charge is 2.59. The molecule has 9 nitrogen and oxygen atoms in total. The highest BCUT2D eigenvalue weighted by atomic mass is 28.4. The van der Waals surface area contributed by atoms with Crippen molar-refractivity contribution in [3.8, 4) is 5.75 Å². The summed E-state index contributed by atoms with van der Waals surface area (Å²) in [5.41, 5.74) is 3.26. The lowest BCUT2D eigenvalue weighted by Gasteiger charge is -2.46. The molecule has 2 aliphatic heterocycles. The van der Waals surface area contributed by atoms with Crippen LogP contribution in [0.25, 0.3) is 6.08 Å². The number of halogens is 1. The average Bonchev–Trinajstić information content (AvgIpc) is 3.40. The fourth-order valence-electron chi connectivity index (χ4n) is 8.64. The first-order chi connectivity index (χ1) is 25.3. The van der Waals surface area contributed by atoms with E-state index in [1.807, 2.05) is 49.4 Å². The number of aromatic hydroxyl groups is 1. The first-order valence-corrected chi connectivity index (χ1v) is 20.2.